The summed E-state index contributed by atoms with van der Waals surface area (Å²) in [6, 6.07) is 8.65. The molecule has 0 aromatic heterocycles. The van der Waals surface area contributed by atoms with Crippen molar-refractivity contribution in [3.05, 3.63) is 52.8 Å². The molecule has 9 heteroatoms. The Morgan fingerprint density at radius 2 is 1.92 bits per heavy atom. The monoisotopic (exact) mass is 363 g/mol. The zero-order chi connectivity index (χ0) is 17.8. The first-order valence-electron chi connectivity index (χ1n) is 7.02. The second-order valence-corrected chi connectivity index (χ2v) is 5.30. The van der Waals surface area contributed by atoms with E-state index in [0.29, 0.717) is 17.1 Å². The van der Waals surface area contributed by atoms with Crippen LogP contribution in [0.4, 0.5) is 10.1 Å². The summed E-state index contributed by atoms with van der Waals surface area (Å²) < 4.78 is 23.4. The Kier molecular flexibility index (Phi) is 4.80. The number of hydrogen-bond donors (Lipinski definition) is 2. The first kappa shape index (κ1) is 16.7. The summed E-state index contributed by atoms with van der Waals surface area (Å²) in [6.45, 7) is 0.153. The average Bonchev–Trinajstić information content (AvgIpc) is 3.05. The summed E-state index contributed by atoms with van der Waals surface area (Å²) in [4.78, 5) is 23.4. The predicted molar refractivity (Wildman–Crippen MR) is 88.3 cm³/mol. The molecule has 3 rings (SSSR count). The molecule has 0 radical (unpaired) electrons. The van der Waals surface area contributed by atoms with Crippen LogP contribution in [0.15, 0.2) is 41.5 Å². The SMILES string of the molecule is O=C(N/N=C/c1ccc2c(c1)OCO2)C(=O)Nc1ccc(F)c(Cl)c1. The number of halogens is 2. The van der Waals surface area contributed by atoms with E-state index in [1.807, 2.05) is 0 Å². The lowest BCUT2D eigenvalue weighted by atomic mass is 10.2. The van der Waals surface area contributed by atoms with Crippen molar-refractivity contribution in [1.82, 2.24) is 5.43 Å². The first-order valence-corrected chi connectivity index (χ1v) is 7.40. The van der Waals surface area contributed by atoms with Gasteiger partial charge in [-0.05, 0) is 42.0 Å². The molecule has 0 unspecified atom stereocenters. The highest BCUT2D eigenvalue weighted by Crippen LogP contribution is 2.31. The van der Waals surface area contributed by atoms with E-state index in [0.717, 1.165) is 6.07 Å². The Hall–Kier alpha value is -3.13. The van der Waals surface area contributed by atoms with Gasteiger partial charge in [0.1, 0.15) is 5.82 Å². The van der Waals surface area contributed by atoms with Gasteiger partial charge in [-0.2, -0.15) is 5.10 Å². The highest BCUT2D eigenvalue weighted by molar-refractivity contribution is 6.39. The molecule has 0 atom stereocenters. The molecule has 128 valence electrons. The second-order valence-electron chi connectivity index (χ2n) is 4.89. The summed E-state index contributed by atoms with van der Waals surface area (Å²) >= 11 is 5.60. The van der Waals surface area contributed by atoms with Crippen LogP contribution >= 0.6 is 11.6 Å². The van der Waals surface area contributed by atoms with Crippen LogP contribution in [-0.2, 0) is 9.59 Å². The highest BCUT2D eigenvalue weighted by atomic mass is 35.5. The number of hydrazone groups is 1. The second kappa shape index (κ2) is 7.18. The lowest BCUT2D eigenvalue weighted by Crippen LogP contribution is -2.32. The first-order chi connectivity index (χ1) is 12.0. The van der Waals surface area contributed by atoms with Crippen molar-refractivity contribution in [2.24, 2.45) is 5.10 Å². The molecule has 0 spiro atoms. The predicted octanol–water partition coefficient (Wildman–Crippen LogP) is 2.30. The Morgan fingerprint density at radius 3 is 2.72 bits per heavy atom. The molecule has 2 aromatic carbocycles. The van der Waals surface area contributed by atoms with E-state index in [4.69, 9.17) is 21.1 Å². The minimum atomic E-state index is -0.988. The Balaban J connectivity index is 1.56. The van der Waals surface area contributed by atoms with Gasteiger partial charge in [-0.1, -0.05) is 11.6 Å². The standard InChI is InChI=1S/C16H11ClFN3O4/c17-11-6-10(2-3-12(11)18)20-15(22)16(23)21-19-7-9-1-4-13-14(5-9)25-8-24-13/h1-7H,8H2,(H,20,22)(H,21,23)/b19-7+. The molecule has 2 amide bonds. The number of anilines is 1. The number of carbonyl (C=O) groups is 2. The van der Waals surface area contributed by atoms with Gasteiger partial charge in [-0.15, -0.1) is 0 Å². The fourth-order valence-corrected chi connectivity index (χ4v) is 2.15. The van der Waals surface area contributed by atoms with Gasteiger partial charge in [0.05, 0.1) is 11.2 Å². The molecule has 0 aliphatic carbocycles. The lowest BCUT2D eigenvalue weighted by Gasteiger charge is -2.04. The van der Waals surface area contributed by atoms with Gasteiger partial charge in [0, 0.05) is 5.69 Å². The molecule has 0 bridgehead atoms. The Labute approximate surface area is 146 Å². The fraction of sp³-hybridized carbons (Fsp3) is 0.0625. The van der Waals surface area contributed by atoms with Crippen LogP contribution < -0.4 is 20.2 Å². The quantitative estimate of drug-likeness (QED) is 0.497. The topological polar surface area (TPSA) is 89.0 Å². The van der Waals surface area contributed by atoms with E-state index in [1.54, 1.807) is 18.2 Å². The maximum Gasteiger partial charge on any atom is 0.329 e. The molecule has 25 heavy (non-hydrogen) atoms. The van der Waals surface area contributed by atoms with Gasteiger partial charge in [-0.25, -0.2) is 9.82 Å². The summed E-state index contributed by atoms with van der Waals surface area (Å²) in [6.07, 6.45) is 1.35. The number of rotatable bonds is 3. The van der Waals surface area contributed by atoms with Crippen molar-refractivity contribution >= 4 is 35.3 Å². The van der Waals surface area contributed by atoms with E-state index in [-0.39, 0.29) is 17.5 Å². The van der Waals surface area contributed by atoms with Crippen molar-refractivity contribution in [3.8, 4) is 11.5 Å². The molecule has 0 saturated carbocycles. The molecule has 2 aromatic rings. The maximum atomic E-state index is 13.0. The molecular weight excluding hydrogens is 353 g/mol. The van der Waals surface area contributed by atoms with E-state index in [9.17, 15) is 14.0 Å². The van der Waals surface area contributed by atoms with E-state index in [1.165, 1.54) is 18.3 Å². The molecule has 0 saturated heterocycles. The van der Waals surface area contributed by atoms with Crippen molar-refractivity contribution in [2.45, 2.75) is 0 Å². The van der Waals surface area contributed by atoms with Crippen LogP contribution in [0.2, 0.25) is 5.02 Å². The number of amides is 2. The van der Waals surface area contributed by atoms with Crippen LogP contribution in [0.1, 0.15) is 5.56 Å². The third-order valence-electron chi connectivity index (χ3n) is 3.16. The van der Waals surface area contributed by atoms with Crippen molar-refractivity contribution in [3.63, 3.8) is 0 Å². The maximum absolute atomic E-state index is 13.0. The van der Waals surface area contributed by atoms with Crippen LogP contribution in [-0.4, -0.2) is 24.8 Å². The fourth-order valence-electron chi connectivity index (χ4n) is 1.97. The third-order valence-corrected chi connectivity index (χ3v) is 3.45. The zero-order valence-corrected chi connectivity index (χ0v) is 13.3. The molecule has 1 heterocycles. The van der Waals surface area contributed by atoms with Gasteiger partial charge in [0.15, 0.2) is 11.5 Å². The minimum absolute atomic E-state index is 0.153. The smallest absolute Gasteiger partial charge is 0.329 e. The van der Waals surface area contributed by atoms with Crippen LogP contribution in [0.5, 0.6) is 11.5 Å². The number of carbonyl (C=O) groups excluding carboxylic acids is 2. The van der Waals surface area contributed by atoms with Gasteiger partial charge in [-0.3, -0.25) is 9.59 Å². The molecule has 0 fully saturated rings. The zero-order valence-electron chi connectivity index (χ0n) is 12.6. The number of nitrogens with one attached hydrogen (secondary N) is 2. The molecule has 7 nitrogen and oxygen atoms in total. The van der Waals surface area contributed by atoms with E-state index in [2.05, 4.69) is 15.8 Å². The van der Waals surface area contributed by atoms with Gasteiger partial charge >= 0.3 is 11.8 Å². The normalized spacial score (nSPS) is 12.2. The number of fused-ring (bicyclic) bond motifs is 1. The van der Waals surface area contributed by atoms with E-state index >= 15 is 0 Å². The van der Waals surface area contributed by atoms with Crippen molar-refractivity contribution in [1.29, 1.82) is 0 Å². The number of benzene rings is 2. The summed E-state index contributed by atoms with van der Waals surface area (Å²) in [5, 5.41) is 5.81. The number of hydrogen-bond acceptors (Lipinski definition) is 5. The summed E-state index contributed by atoms with van der Waals surface area (Å²) in [5.41, 5.74) is 2.92. The van der Waals surface area contributed by atoms with Crippen LogP contribution in [0, 0.1) is 5.82 Å². The minimum Gasteiger partial charge on any atom is -0.454 e. The number of ether oxygens (including phenoxy) is 2. The van der Waals surface area contributed by atoms with Crippen molar-refractivity contribution in [2.75, 3.05) is 12.1 Å². The van der Waals surface area contributed by atoms with Gasteiger partial charge in [0.25, 0.3) is 0 Å². The molecule has 1 aliphatic rings. The van der Waals surface area contributed by atoms with Gasteiger partial charge in [0.2, 0.25) is 6.79 Å². The molecule has 1 aliphatic heterocycles. The lowest BCUT2D eigenvalue weighted by molar-refractivity contribution is -0.136. The highest BCUT2D eigenvalue weighted by Gasteiger charge is 2.14. The average molecular weight is 364 g/mol. The van der Waals surface area contributed by atoms with E-state index < -0.39 is 17.6 Å². The van der Waals surface area contributed by atoms with Crippen LogP contribution in [0.3, 0.4) is 0 Å². The third kappa shape index (κ3) is 4.04. The van der Waals surface area contributed by atoms with Crippen molar-refractivity contribution < 1.29 is 23.5 Å². The summed E-state index contributed by atoms with van der Waals surface area (Å²) in [7, 11) is 0. The van der Waals surface area contributed by atoms with Gasteiger partial charge < -0.3 is 14.8 Å². The number of nitrogens with zero attached hydrogens (tertiary/aromatic N) is 1. The largest absolute Gasteiger partial charge is 0.454 e. The van der Waals surface area contributed by atoms with Crippen LogP contribution in [0.25, 0.3) is 0 Å². The molecule has 2 N–H and O–H groups in total. The summed E-state index contributed by atoms with van der Waals surface area (Å²) in [5.74, 6) is -1.39. The Morgan fingerprint density at radius 1 is 1.12 bits per heavy atom. The molecular formula is C16H11ClFN3O4. The Bertz CT molecular complexity index is 872.